The number of pyridine rings is 1. The molecule has 0 spiro atoms. The highest BCUT2D eigenvalue weighted by molar-refractivity contribution is 5.77. The Morgan fingerprint density at radius 1 is 1.00 bits per heavy atom. The number of nitrogens with zero attached hydrogens (tertiary/aromatic N) is 1. The average molecular weight is 181 g/mol. The lowest BCUT2D eigenvalue weighted by Crippen LogP contribution is -1.81. The first-order chi connectivity index (χ1) is 6.13. The second-order valence-electron chi connectivity index (χ2n) is 2.63. The summed E-state index contributed by atoms with van der Waals surface area (Å²) in [5, 5.41) is 36.9. The van der Waals surface area contributed by atoms with Crippen LogP contribution < -0.4 is 0 Å². The third-order valence-electron chi connectivity index (χ3n) is 1.86. The molecule has 0 amide bonds. The second kappa shape index (κ2) is 2.22. The van der Waals surface area contributed by atoms with Gasteiger partial charge in [-0.1, -0.05) is 0 Å². The van der Waals surface area contributed by atoms with Crippen molar-refractivity contribution in [2.45, 2.75) is 0 Å². The second-order valence-corrected chi connectivity index (χ2v) is 2.63. The van der Waals surface area contributed by atoms with Crippen LogP contribution in [-0.4, -0.2) is 24.8 Å². The molecule has 0 fully saturated rings. The fourth-order valence-electron chi connectivity index (χ4n) is 1.24. The van der Waals surface area contributed by atoms with Gasteiger partial charge in [0.05, 0.1) is 0 Å². The van der Waals surface area contributed by atoms with Gasteiger partial charge in [0, 0.05) is 6.20 Å². The molecule has 2 rings (SSSR count). The Morgan fingerprint density at radius 3 is 2.31 bits per heavy atom. The normalized spacial score (nSPS) is 10.8. The van der Waals surface area contributed by atoms with Crippen molar-refractivity contribution in [3.63, 3.8) is 0 Å². The smallest absolute Gasteiger partial charge is 0.243 e. The van der Waals surface area contributed by atoms with Crippen molar-refractivity contribution in [3.8, 4) is 23.1 Å². The van der Waals surface area contributed by atoms with E-state index in [1.165, 1.54) is 18.3 Å². The van der Waals surface area contributed by atoms with E-state index in [-0.39, 0.29) is 11.3 Å². The number of rotatable bonds is 0. The largest absolute Gasteiger partial charge is 0.506 e. The van der Waals surface area contributed by atoms with E-state index in [2.05, 4.69) is 0 Å². The van der Waals surface area contributed by atoms with Crippen LogP contribution in [0.1, 0.15) is 0 Å². The summed E-state index contributed by atoms with van der Waals surface area (Å²) in [7, 11) is 0. The van der Waals surface area contributed by atoms with Gasteiger partial charge in [0.25, 0.3) is 0 Å². The zero-order valence-corrected chi connectivity index (χ0v) is 6.47. The van der Waals surface area contributed by atoms with Crippen LogP contribution in [0.15, 0.2) is 18.3 Å². The van der Waals surface area contributed by atoms with Gasteiger partial charge in [0.15, 0.2) is 5.75 Å². The van der Waals surface area contributed by atoms with Crippen LogP contribution in [0.3, 0.4) is 0 Å². The topological polar surface area (TPSA) is 85.3 Å². The summed E-state index contributed by atoms with van der Waals surface area (Å²) in [6, 6.07) is 2.81. The number of aromatic nitrogens is 1. The minimum Gasteiger partial charge on any atom is -0.506 e. The summed E-state index contributed by atoms with van der Waals surface area (Å²) >= 11 is 0. The van der Waals surface area contributed by atoms with Gasteiger partial charge in [-0.25, -0.2) is 0 Å². The van der Waals surface area contributed by atoms with Gasteiger partial charge in [-0.2, -0.15) is 0 Å². The van der Waals surface area contributed by atoms with Crippen LogP contribution in [0.2, 0.25) is 0 Å². The van der Waals surface area contributed by atoms with Crippen LogP contribution in [0, 0.1) is 0 Å². The van der Waals surface area contributed by atoms with E-state index < -0.39 is 17.4 Å². The zero-order valence-electron chi connectivity index (χ0n) is 6.47. The molecule has 0 aromatic carbocycles. The van der Waals surface area contributed by atoms with E-state index in [4.69, 9.17) is 5.11 Å². The van der Waals surface area contributed by atoms with Crippen LogP contribution in [0.4, 0.5) is 0 Å². The van der Waals surface area contributed by atoms with Crippen LogP contribution >= 0.6 is 0 Å². The Hall–Kier alpha value is -2.04. The Bertz CT molecular complexity index is 474. The number of aromatic hydroxyl groups is 4. The van der Waals surface area contributed by atoms with Crippen molar-refractivity contribution in [3.05, 3.63) is 18.3 Å². The summed E-state index contributed by atoms with van der Waals surface area (Å²) in [5.41, 5.74) is -0.0162. The summed E-state index contributed by atoms with van der Waals surface area (Å²) in [6.07, 6.45) is 1.41. The lowest BCUT2D eigenvalue weighted by atomic mass is 10.3. The molecule has 2 aromatic rings. The molecule has 2 aromatic heterocycles. The highest BCUT2D eigenvalue weighted by atomic mass is 16.3. The number of hydrogen-bond donors (Lipinski definition) is 4. The van der Waals surface area contributed by atoms with Crippen LogP contribution in [0.5, 0.6) is 23.1 Å². The van der Waals surface area contributed by atoms with Crippen LogP contribution in [-0.2, 0) is 0 Å². The molecule has 0 aliphatic heterocycles. The molecule has 68 valence electrons. The van der Waals surface area contributed by atoms with E-state index in [1.807, 2.05) is 0 Å². The van der Waals surface area contributed by atoms with Crippen molar-refractivity contribution in [2.75, 3.05) is 0 Å². The lowest BCUT2D eigenvalue weighted by Gasteiger charge is -1.97. The molecule has 13 heavy (non-hydrogen) atoms. The van der Waals surface area contributed by atoms with Crippen molar-refractivity contribution in [2.24, 2.45) is 0 Å². The maximum atomic E-state index is 9.29. The summed E-state index contributed by atoms with van der Waals surface area (Å²) < 4.78 is 1.08. The Morgan fingerprint density at radius 2 is 1.69 bits per heavy atom. The van der Waals surface area contributed by atoms with Gasteiger partial charge in [0.1, 0.15) is 11.3 Å². The molecule has 0 atom stereocenters. The Kier molecular flexibility index (Phi) is 1.30. The fraction of sp³-hybridized carbons (Fsp3) is 0. The summed E-state index contributed by atoms with van der Waals surface area (Å²) in [4.78, 5) is 0. The van der Waals surface area contributed by atoms with Gasteiger partial charge >= 0.3 is 0 Å². The third kappa shape index (κ3) is 0.807. The predicted molar refractivity (Wildman–Crippen MR) is 44.1 cm³/mol. The van der Waals surface area contributed by atoms with E-state index in [1.54, 1.807) is 0 Å². The van der Waals surface area contributed by atoms with Gasteiger partial charge in [-0.05, 0) is 12.1 Å². The van der Waals surface area contributed by atoms with Crippen molar-refractivity contribution in [1.29, 1.82) is 0 Å². The molecule has 5 nitrogen and oxygen atoms in total. The van der Waals surface area contributed by atoms with Gasteiger partial charge in [0.2, 0.25) is 11.6 Å². The minimum atomic E-state index is -0.638. The molecular formula is C8H7NO4. The molecule has 4 N–H and O–H groups in total. The average Bonchev–Trinajstić information content (AvgIpc) is 2.33. The SMILES string of the molecule is Oc1c(O)c2c(O)cccn2c1O. The fourth-order valence-corrected chi connectivity index (χ4v) is 1.24. The summed E-state index contributed by atoms with van der Waals surface area (Å²) in [5.74, 6) is -1.88. The van der Waals surface area contributed by atoms with E-state index in [0.29, 0.717) is 0 Å². The number of hydrogen-bond acceptors (Lipinski definition) is 4. The van der Waals surface area contributed by atoms with Gasteiger partial charge in [-0.15, -0.1) is 0 Å². The van der Waals surface area contributed by atoms with Crippen molar-refractivity contribution >= 4 is 5.52 Å². The molecule has 0 bridgehead atoms. The zero-order chi connectivity index (χ0) is 9.59. The molecule has 2 heterocycles. The Labute approximate surface area is 72.7 Å². The summed E-state index contributed by atoms with van der Waals surface area (Å²) in [6.45, 7) is 0. The Balaban J connectivity index is 3.03. The number of fused-ring (bicyclic) bond motifs is 1. The molecule has 0 saturated heterocycles. The van der Waals surface area contributed by atoms with Crippen LogP contribution in [0.25, 0.3) is 5.52 Å². The van der Waals surface area contributed by atoms with E-state index in [0.717, 1.165) is 4.40 Å². The molecule has 0 aliphatic rings. The van der Waals surface area contributed by atoms with Gasteiger partial charge in [-0.3, -0.25) is 4.40 Å². The molecule has 0 aliphatic carbocycles. The first kappa shape index (κ1) is 7.60. The third-order valence-corrected chi connectivity index (χ3v) is 1.86. The minimum absolute atomic E-state index is 0.0162. The van der Waals surface area contributed by atoms with Gasteiger partial charge < -0.3 is 20.4 Å². The molecule has 0 unspecified atom stereocenters. The predicted octanol–water partition coefficient (Wildman–Crippen LogP) is 0.762. The molecule has 0 saturated carbocycles. The molecular weight excluding hydrogens is 174 g/mol. The molecule has 0 radical (unpaired) electrons. The highest BCUT2D eigenvalue weighted by Crippen LogP contribution is 2.43. The highest BCUT2D eigenvalue weighted by Gasteiger charge is 2.18. The quantitative estimate of drug-likeness (QED) is 0.483. The first-order valence-corrected chi connectivity index (χ1v) is 3.56. The first-order valence-electron chi connectivity index (χ1n) is 3.56. The van der Waals surface area contributed by atoms with Crippen molar-refractivity contribution in [1.82, 2.24) is 4.40 Å². The maximum Gasteiger partial charge on any atom is 0.243 e. The van der Waals surface area contributed by atoms with E-state index in [9.17, 15) is 15.3 Å². The van der Waals surface area contributed by atoms with Crippen molar-refractivity contribution < 1.29 is 20.4 Å². The maximum absolute atomic E-state index is 9.29. The monoisotopic (exact) mass is 181 g/mol. The standard InChI is InChI=1S/C8H7NO4/c10-4-2-1-3-9-5(4)6(11)7(12)8(9)13/h1-3,10-13H. The lowest BCUT2D eigenvalue weighted by molar-refractivity contribution is 0.368. The van der Waals surface area contributed by atoms with E-state index >= 15 is 0 Å². The molecule has 5 heteroatoms.